The van der Waals surface area contributed by atoms with Crippen molar-refractivity contribution in [3.8, 4) is 0 Å². The maximum atomic E-state index is 10.4. The highest BCUT2D eigenvalue weighted by molar-refractivity contribution is 6.31. The lowest BCUT2D eigenvalue weighted by atomic mass is 10.1. The van der Waals surface area contributed by atoms with Crippen molar-refractivity contribution in [2.75, 3.05) is 0 Å². The molecule has 0 aliphatic carbocycles. The van der Waals surface area contributed by atoms with E-state index in [9.17, 15) is 5.11 Å². The Labute approximate surface area is 117 Å². The average molecular weight is 283 g/mol. The summed E-state index contributed by atoms with van der Waals surface area (Å²) in [5, 5.41) is 19.6. The molecule has 2 aromatic heterocycles. The highest BCUT2D eigenvalue weighted by Crippen LogP contribution is 2.26. The third-order valence-corrected chi connectivity index (χ3v) is 3.71. The second kappa shape index (κ2) is 5.35. The van der Waals surface area contributed by atoms with Crippen LogP contribution in [0.15, 0.2) is 6.07 Å². The molecule has 6 heteroatoms. The maximum absolute atomic E-state index is 10.4. The van der Waals surface area contributed by atoms with Gasteiger partial charge in [0.2, 0.25) is 0 Å². The fourth-order valence-electron chi connectivity index (χ4n) is 2.29. The predicted octanol–water partition coefficient (Wildman–Crippen LogP) is 2.18. The fraction of sp³-hybridized carbons (Fsp3) is 0.538. The summed E-state index contributed by atoms with van der Waals surface area (Å²) in [4.78, 5) is 0. The Morgan fingerprint density at radius 2 is 2.05 bits per heavy atom. The zero-order valence-corrected chi connectivity index (χ0v) is 12.4. The molecule has 5 nitrogen and oxygen atoms in total. The summed E-state index contributed by atoms with van der Waals surface area (Å²) < 4.78 is 3.54. The summed E-state index contributed by atoms with van der Waals surface area (Å²) in [6.45, 7) is 6.52. The summed E-state index contributed by atoms with van der Waals surface area (Å²) in [5.74, 6) is 0. The summed E-state index contributed by atoms with van der Waals surface area (Å²) in [6, 6.07) is 1.89. The smallest absolute Gasteiger partial charge is 0.101 e. The van der Waals surface area contributed by atoms with E-state index in [0.717, 1.165) is 29.3 Å². The lowest BCUT2D eigenvalue weighted by Gasteiger charge is -2.12. The zero-order valence-electron chi connectivity index (χ0n) is 11.7. The van der Waals surface area contributed by atoms with Gasteiger partial charge in [-0.1, -0.05) is 11.6 Å². The van der Waals surface area contributed by atoms with Gasteiger partial charge in [-0.05, 0) is 26.8 Å². The van der Waals surface area contributed by atoms with Crippen molar-refractivity contribution in [1.29, 1.82) is 0 Å². The molecule has 19 heavy (non-hydrogen) atoms. The van der Waals surface area contributed by atoms with Crippen LogP contribution in [0.25, 0.3) is 0 Å². The molecule has 0 saturated heterocycles. The Morgan fingerprint density at radius 3 is 2.58 bits per heavy atom. The van der Waals surface area contributed by atoms with Gasteiger partial charge in [-0.2, -0.15) is 10.2 Å². The first-order valence-electron chi connectivity index (χ1n) is 6.34. The van der Waals surface area contributed by atoms with Crippen LogP contribution in [-0.4, -0.2) is 24.7 Å². The number of hydrogen-bond donors (Lipinski definition) is 1. The van der Waals surface area contributed by atoms with Crippen LogP contribution in [0.4, 0.5) is 0 Å². The van der Waals surface area contributed by atoms with Crippen LogP contribution in [0.1, 0.15) is 35.8 Å². The lowest BCUT2D eigenvalue weighted by Crippen LogP contribution is -2.11. The van der Waals surface area contributed by atoms with E-state index in [1.165, 1.54) is 0 Å². The molecule has 1 unspecified atom stereocenters. The summed E-state index contributed by atoms with van der Waals surface area (Å²) in [5.41, 5.74) is 3.35. The van der Waals surface area contributed by atoms with E-state index in [1.54, 1.807) is 4.68 Å². The number of hydrogen-bond acceptors (Lipinski definition) is 3. The highest BCUT2D eigenvalue weighted by Gasteiger charge is 2.19. The standard InChI is InChI=1S/C13H19ClN4O/c1-5-18-11(13(14)9(3)16-18)7-12(19)10-6-8(2)15-17(10)4/h6,12,19H,5,7H2,1-4H3. The molecular formula is C13H19ClN4O. The van der Waals surface area contributed by atoms with Crippen molar-refractivity contribution in [2.24, 2.45) is 7.05 Å². The van der Waals surface area contributed by atoms with Crippen molar-refractivity contribution < 1.29 is 5.11 Å². The summed E-state index contributed by atoms with van der Waals surface area (Å²) in [6.07, 6.45) is -0.197. The molecule has 1 atom stereocenters. The van der Waals surface area contributed by atoms with Gasteiger partial charge in [0, 0.05) is 20.0 Å². The second-order valence-electron chi connectivity index (χ2n) is 4.72. The molecule has 0 radical (unpaired) electrons. The molecule has 104 valence electrons. The third kappa shape index (κ3) is 2.67. The topological polar surface area (TPSA) is 55.9 Å². The number of rotatable bonds is 4. The van der Waals surface area contributed by atoms with Crippen LogP contribution in [0, 0.1) is 13.8 Å². The normalized spacial score (nSPS) is 12.9. The molecule has 0 aliphatic rings. The maximum Gasteiger partial charge on any atom is 0.101 e. The Balaban J connectivity index is 2.28. The molecule has 2 heterocycles. The SMILES string of the molecule is CCn1nc(C)c(Cl)c1CC(O)c1cc(C)nn1C. The Bertz CT molecular complexity index is 588. The van der Waals surface area contributed by atoms with Crippen molar-refractivity contribution >= 4 is 11.6 Å². The van der Waals surface area contributed by atoms with Crippen LogP contribution in [0.2, 0.25) is 5.02 Å². The molecule has 1 N–H and O–H groups in total. The Morgan fingerprint density at radius 1 is 1.37 bits per heavy atom. The Kier molecular flexibility index (Phi) is 3.96. The first kappa shape index (κ1) is 14.1. The number of aliphatic hydroxyl groups is 1. The van der Waals surface area contributed by atoms with Gasteiger partial charge in [0.15, 0.2) is 0 Å². The second-order valence-corrected chi connectivity index (χ2v) is 5.09. The summed E-state index contributed by atoms with van der Waals surface area (Å²) >= 11 is 6.25. The van der Waals surface area contributed by atoms with E-state index in [2.05, 4.69) is 10.2 Å². The molecule has 2 rings (SSSR count). The van der Waals surface area contributed by atoms with Crippen LogP contribution in [0.3, 0.4) is 0 Å². The zero-order chi connectivity index (χ0) is 14.2. The van der Waals surface area contributed by atoms with Crippen molar-refractivity contribution in [3.05, 3.63) is 33.9 Å². The first-order valence-corrected chi connectivity index (χ1v) is 6.72. The van der Waals surface area contributed by atoms with Gasteiger partial charge in [-0.15, -0.1) is 0 Å². The van der Waals surface area contributed by atoms with Gasteiger partial charge < -0.3 is 5.11 Å². The van der Waals surface area contributed by atoms with E-state index in [1.807, 2.05) is 38.6 Å². The van der Waals surface area contributed by atoms with E-state index >= 15 is 0 Å². The molecule has 0 saturated carbocycles. The van der Waals surface area contributed by atoms with Crippen LogP contribution < -0.4 is 0 Å². The minimum Gasteiger partial charge on any atom is -0.386 e. The van der Waals surface area contributed by atoms with Crippen molar-refractivity contribution in [2.45, 2.75) is 39.8 Å². The van der Waals surface area contributed by atoms with E-state index in [-0.39, 0.29) is 0 Å². The quantitative estimate of drug-likeness (QED) is 0.935. The van der Waals surface area contributed by atoms with Crippen molar-refractivity contribution in [3.63, 3.8) is 0 Å². The monoisotopic (exact) mass is 282 g/mol. The predicted molar refractivity (Wildman–Crippen MR) is 74.3 cm³/mol. The van der Waals surface area contributed by atoms with Crippen molar-refractivity contribution in [1.82, 2.24) is 19.6 Å². The lowest BCUT2D eigenvalue weighted by molar-refractivity contribution is 0.165. The van der Waals surface area contributed by atoms with Gasteiger partial charge >= 0.3 is 0 Å². The highest BCUT2D eigenvalue weighted by atomic mass is 35.5. The van der Waals surface area contributed by atoms with Gasteiger partial charge in [0.05, 0.1) is 27.8 Å². The molecule has 0 amide bonds. The minimum atomic E-state index is -0.634. The van der Waals surface area contributed by atoms with Crippen LogP contribution >= 0.6 is 11.6 Å². The number of nitrogens with zero attached hydrogens (tertiary/aromatic N) is 4. The molecule has 0 fully saturated rings. The average Bonchev–Trinajstić information content (AvgIpc) is 2.83. The number of aryl methyl sites for hydroxylation is 4. The van der Waals surface area contributed by atoms with Gasteiger partial charge in [-0.25, -0.2) is 0 Å². The van der Waals surface area contributed by atoms with E-state index in [4.69, 9.17) is 11.6 Å². The minimum absolute atomic E-state index is 0.437. The molecular weight excluding hydrogens is 264 g/mol. The van der Waals surface area contributed by atoms with Crippen LogP contribution in [0.5, 0.6) is 0 Å². The number of aliphatic hydroxyl groups excluding tert-OH is 1. The first-order chi connectivity index (χ1) is 8.93. The Hall–Kier alpha value is -1.33. The summed E-state index contributed by atoms with van der Waals surface area (Å²) in [7, 11) is 1.83. The van der Waals surface area contributed by atoms with E-state index < -0.39 is 6.10 Å². The van der Waals surface area contributed by atoms with Gasteiger partial charge in [0.1, 0.15) is 6.10 Å². The largest absolute Gasteiger partial charge is 0.386 e. The molecule has 0 aliphatic heterocycles. The van der Waals surface area contributed by atoms with Gasteiger partial charge in [-0.3, -0.25) is 9.36 Å². The van der Waals surface area contributed by atoms with Gasteiger partial charge in [0.25, 0.3) is 0 Å². The molecule has 2 aromatic rings. The van der Waals surface area contributed by atoms with E-state index in [0.29, 0.717) is 11.4 Å². The number of aromatic nitrogens is 4. The number of halogens is 1. The third-order valence-electron chi connectivity index (χ3n) is 3.22. The molecule has 0 bridgehead atoms. The van der Waals surface area contributed by atoms with Crippen LogP contribution in [-0.2, 0) is 20.0 Å². The molecule has 0 aromatic carbocycles. The fourth-order valence-corrected chi connectivity index (χ4v) is 2.51. The molecule has 0 spiro atoms.